The highest BCUT2D eigenvalue weighted by Crippen LogP contribution is 2.54. The smallest absolute Gasteiger partial charge is 0.369 e. The van der Waals surface area contributed by atoms with Crippen molar-refractivity contribution in [2.24, 2.45) is 0 Å². The molecule has 236 valence electrons. The first-order valence-corrected chi connectivity index (χ1v) is 14.7. The first-order chi connectivity index (χ1) is 19.9. The Bertz CT molecular complexity index is 1420. The quantitative estimate of drug-likeness (QED) is 0.378. The molecule has 0 aliphatic carbocycles. The van der Waals surface area contributed by atoms with Gasteiger partial charge in [0.2, 0.25) is 5.91 Å². The van der Waals surface area contributed by atoms with E-state index in [0.717, 1.165) is 12.5 Å². The Morgan fingerprint density at radius 2 is 1.74 bits per heavy atom. The number of alkyl halides is 6. The van der Waals surface area contributed by atoms with E-state index in [1.54, 1.807) is 4.90 Å². The molecule has 1 aromatic heterocycles. The van der Waals surface area contributed by atoms with Gasteiger partial charge in [-0.05, 0) is 26.2 Å². The second-order valence-electron chi connectivity index (χ2n) is 10.3. The molecule has 2 aliphatic rings. The molecule has 2 fully saturated rings. The van der Waals surface area contributed by atoms with Crippen LogP contribution in [0.15, 0.2) is 12.1 Å². The first-order valence-electron chi connectivity index (χ1n) is 13.2. The van der Waals surface area contributed by atoms with Gasteiger partial charge in [-0.25, -0.2) is 4.98 Å². The van der Waals surface area contributed by atoms with Gasteiger partial charge < -0.3 is 20.2 Å². The number of nitrogens with one attached hydrogen (secondary N) is 1. The maximum atomic E-state index is 14.0. The lowest BCUT2D eigenvalue weighted by molar-refractivity contribution is -0.376. The number of carbonyl (C=O) groups is 3. The van der Waals surface area contributed by atoms with Gasteiger partial charge >= 0.3 is 12.4 Å². The number of rotatable bonds is 6. The van der Waals surface area contributed by atoms with Gasteiger partial charge in [-0.1, -0.05) is 48.7 Å². The molecule has 2 N–H and O–H groups in total. The zero-order valence-corrected chi connectivity index (χ0v) is 25.0. The van der Waals surface area contributed by atoms with Crippen molar-refractivity contribution in [1.82, 2.24) is 20.1 Å². The fourth-order valence-electron chi connectivity index (χ4n) is 5.33. The molecule has 4 rings (SSSR count). The van der Waals surface area contributed by atoms with E-state index in [2.05, 4.69) is 10.3 Å². The van der Waals surface area contributed by atoms with Crippen LogP contribution < -0.4 is 5.32 Å². The normalized spacial score (nSPS) is 20.0. The van der Waals surface area contributed by atoms with Crippen molar-refractivity contribution in [3.8, 4) is 10.4 Å². The second kappa shape index (κ2) is 12.1. The third-order valence-corrected chi connectivity index (χ3v) is 9.48. The number of thiazole rings is 1. The van der Waals surface area contributed by atoms with E-state index in [4.69, 9.17) is 23.2 Å². The monoisotopic (exact) mass is 674 g/mol. The van der Waals surface area contributed by atoms with Gasteiger partial charge in [-0.15, -0.1) is 11.3 Å². The van der Waals surface area contributed by atoms with Crippen LogP contribution in [-0.2, 0) is 10.4 Å². The summed E-state index contributed by atoms with van der Waals surface area (Å²) >= 11 is 12.9. The number of carbonyl (C=O) groups excluding carboxylic acids is 3. The Labute approximate surface area is 255 Å². The number of hydrogen-bond acceptors (Lipinski definition) is 6. The summed E-state index contributed by atoms with van der Waals surface area (Å²) in [7, 11) is 0. The minimum atomic E-state index is -6.22. The standard InChI is InChI=1S/C26H26Cl2F6N4O4S/c1-3-4-13-6-5-12(2)38(13)22(40)19-20(43-21(36-19)23(41)37-10-9-35-16(39)11-37)14-7-8-15(18(28)17(14)27)24(42,25(29,30)31)26(32,33)34/h7-8,12-13,42H,3-6,9-11H2,1-2H3,(H,35,39). The highest BCUT2D eigenvalue weighted by Gasteiger charge is 2.72. The molecule has 2 atom stereocenters. The van der Waals surface area contributed by atoms with Gasteiger partial charge in [0.15, 0.2) is 5.01 Å². The van der Waals surface area contributed by atoms with Crippen molar-refractivity contribution in [3.63, 3.8) is 0 Å². The molecule has 0 radical (unpaired) electrons. The molecule has 17 heteroatoms. The number of amides is 3. The summed E-state index contributed by atoms with van der Waals surface area (Å²) in [5, 5.41) is 10.2. The lowest BCUT2D eigenvalue weighted by Gasteiger charge is -2.33. The zero-order valence-electron chi connectivity index (χ0n) is 22.7. The predicted molar refractivity (Wildman–Crippen MR) is 146 cm³/mol. The molecular formula is C26H26Cl2F6N4O4S. The summed E-state index contributed by atoms with van der Waals surface area (Å²) in [4.78, 5) is 46.1. The highest BCUT2D eigenvalue weighted by molar-refractivity contribution is 7.17. The van der Waals surface area contributed by atoms with E-state index in [-0.39, 0.29) is 52.9 Å². The van der Waals surface area contributed by atoms with E-state index >= 15 is 0 Å². The zero-order chi connectivity index (χ0) is 32.1. The number of hydrogen-bond donors (Lipinski definition) is 2. The summed E-state index contributed by atoms with van der Waals surface area (Å²) in [5.41, 5.74) is -7.67. The number of piperazine rings is 1. The van der Waals surface area contributed by atoms with Crippen LogP contribution >= 0.6 is 34.5 Å². The lowest BCUT2D eigenvalue weighted by Crippen LogP contribution is -2.54. The van der Waals surface area contributed by atoms with Crippen LogP contribution in [0.5, 0.6) is 0 Å². The SMILES string of the molecule is CCCC1CCC(C)N1C(=O)c1nc(C(=O)N2CCNC(=O)C2)sc1-c1ccc(C(O)(C(F)(F)F)C(F)(F)F)c(Cl)c1Cl. The van der Waals surface area contributed by atoms with Crippen molar-refractivity contribution in [3.05, 3.63) is 38.4 Å². The van der Waals surface area contributed by atoms with Crippen LogP contribution in [0.2, 0.25) is 10.0 Å². The summed E-state index contributed by atoms with van der Waals surface area (Å²) < 4.78 is 81.6. The predicted octanol–water partition coefficient (Wildman–Crippen LogP) is 5.79. The summed E-state index contributed by atoms with van der Waals surface area (Å²) in [6, 6.07) is 0.698. The van der Waals surface area contributed by atoms with Crippen LogP contribution in [0.1, 0.15) is 65.4 Å². The molecule has 3 amide bonds. The molecule has 2 aliphatic heterocycles. The number of likely N-dealkylation sites (tertiary alicyclic amines) is 1. The van der Waals surface area contributed by atoms with Crippen molar-refractivity contribution >= 4 is 52.3 Å². The van der Waals surface area contributed by atoms with Gasteiger partial charge in [-0.2, -0.15) is 26.3 Å². The van der Waals surface area contributed by atoms with Crippen LogP contribution in [0.3, 0.4) is 0 Å². The van der Waals surface area contributed by atoms with E-state index in [0.29, 0.717) is 36.7 Å². The van der Waals surface area contributed by atoms with E-state index < -0.39 is 51.3 Å². The molecular weight excluding hydrogens is 649 g/mol. The largest absolute Gasteiger partial charge is 0.430 e. The molecule has 0 saturated carbocycles. The fraction of sp³-hybridized carbons (Fsp3) is 0.538. The topological polar surface area (TPSA) is 103 Å². The average Bonchev–Trinajstić information content (AvgIpc) is 3.52. The van der Waals surface area contributed by atoms with Crippen LogP contribution in [0, 0.1) is 0 Å². The van der Waals surface area contributed by atoms with Crippen LogP contribution in [0.25, 0.3) is 10.4 Å². The molecule has 43 heavy (non-hydrogen) atoms. The molecule has 0 spiro atoms. The minimum Gasteiger partial charge on any atom is -0.369 e. The van der Waals surface area contributed by atoms with E-state index in [1.807, 2.05) is 13.8 Å². The number of halogens is 8. The second-order valence-corrected chi connectivity index (χ2v) is 12.1. The highest BCUT2D eigenvalue weighted by atomic mass is 35.5. The van der Waals surface area contributed by atoms with Crippen molar-refractivity contribution in [2.45, 2.75) is 69.6 Å². The van der Waals surface area contributed by atoms with Crippen LogP contribution in [0.4, 0.5) is 26.3 Å². The summed E-state index contributed by atoms with van der Waals surface area (Å²) in [6.07, 6.45) is -9.63. The Morgan fingerprint density at radius 3 is 2.33 bits per heavy atom. The Morgan fingerprint density at radius 1 is 1.09 bits per heavy atom. The van der Waals surface area contributed by atoms with Gasteiger partial charge in [0.05, 0.1) is 21.5 Å². The molecule has 8 nitrogen and oxygen atoms in total. The Balaban J connectivity index is 1.88. The lowest BCUT2D eigenvalue weighted by atomic mass is 9.91. The van der Waals surface area contributed by atoms with Gasteiger partial charge in [0.1, 0.15) is 5.69 Å². The number of nitrogens with zero attached hydrogens (tertiary/aromatic N) is 3. The Hall–Kier alpha value is -2.62. The minimum absolute atomic E-state index is 0.120. The maximum Gasteiger partial charge on any atom is 0.430 e. The van der Waals surface area contributed by atoms with Gasteiger partial charge in [0, 0.05) is 36.3 Å². The first kappa shape index (κ1) is 33.3. The average molecular weight is 675 g/mol. The van der Waals surface area contributed by atoms with Gasteiger partial charge in [0.25, 0.3) is 17.4 Å². The van der Waals surface area contributed by atoms with Gasteiger partial charge in [-0.3, -0.25) is 14.4 Å². The van der Waals surface area contributed by atoms with Crippen molar-refractivity contribution in [2.75, 3.05) is 19.6 Å². The third-order valence-electron chi connectivity index (χ3n) is 7.52. The van der Waals surface area contributed by atoms with Crippen LogP contribution in [-0.4, -0.2) is 81.7 Å². The number of aliphatic hydroxyl groups is 1. The number of benzene rings is 1. The molecule has 0 bridgehead atoms. The molecule has 2 aromatic rings. The van der Waals surface area contributed by atoms with E-state index in [9.17, 15) is 45.8 Å². The maximum absolute atomic E-state index is 14.0. The van der Waals surface area contributed by atoms with E-state index in [1.165, 1.54) is 4.90 Å². The molecule has 1 aromatic carbocycles. The summed E-state index contributed by atoms with van der Waals surface area (Å²) in [5.74, 6) is -1.74. The molecule has 2 unspecified atom stereocenters. The number of aromatic nitrogens is 1. The van der Waals surface area contributed by atoms with Crippen molar-refractivity contribution < 1.29 is 45.8 Å². The Kier molecular flexibility index (Phi) is 9.33. The fourth-order valence-corrected chi connectivity index (χ4v) is 7.01. The van der Waals surface area contributed by atoms with Crippen molar-refractivity contribution in [1.29, 1.82) is 0 Å². The molecule has 2 saturated heterocycles. The molecule has 3 heterocycles. The summed E-state index contributed by atoms with van der Waals surface area (Å²) in [6.45, 7) is 3.79. The third kappa shape index (κ3) is 5.92.